The van der Waals surface area contributed by atoms with Gasteiger partial charge in [0, 0.05) is 30.3 Å². The van der Waals surface area contributed by atoms with Crippen molar-refractivity contribution in [1.82, 2.24) is 14.5 Å². The van der Waals surface area contributed by atoms with E-state index in [4.69, 9.17) is 4.74 Å². The summed E-state index contributed by atoms with van der Waals surface area (Å²) in [6, 6.07) is 7.71. The predicted octanol–water partition coefficient (Wildman–Crippen LogP) is 1.21. The Balaban J connectivity index is 1.63. The lowest BCUT2D eigenvalue weighted by Gasteiger charge is -2.29. The van der Waals surface area contributed by atoms with Crippen LogP contribution in [0, 0.1) is 0 Å². The minimum atomic E-state index is -0.774. The standard InChI is InChI=1S/C16H17N3O4S/c1-23-11-2-4-12(5-3-11)24-9-8-18-6-7-19-10-17-15(21)14(20)13(19)16(18)22/h2-5,10,20H,6-9H2,1H3. The van der Waals surface area contributed by atoms with Crippen molar-refractivity contribution in [3.8, 4) is 11.5 Å². The van der Waals surface area contributed by atoms with Crippen molar-refractivity contribution in [2.45, 2.75) is 11.4 Å². The van der Waals surface area contributed by atoms with Gasteiger partial charge < -0.3 is 19.3 Å². The second-order valence-corrected chi connectivity index (χ2v) is 6.42. The molecule has 1 aliphatic rings. The van der Waals surface area contributed by atoms with Gasteiger partial charge in [0.2, 0.25) is 5.75 Å². The summed E-state index contributed by atoms with van der Waals surface area (Å²) in [5, 5.41) is 9.82. The maximum Gasteiger partial charge on any atom is 0.315 e. The summed E-state index contributed by atoms with van der Waals surface area (Å²) >= 11 is 1.63. The van der Waals surface area contributed by atoms with Crippen molar-refractivity contribution in [2.75, 3.05) is 26.0 Å². The molecule has 0 saturated heterocycles. The van der Waals surface area contributed by atoms with E-state index in [1.54, 1.807) is 23.8 Å². The summed E-state index contributed by atoms with van der Waals surface area (Å²) in [6.45, 7) is 1.57. The fourth-order valence-electron chi connectivity index (χ4n) is 2.51. The normalized spacial score (nSPS) is 13.7. The molecule has 0 unspecified atom stereocenters. The number of thioether (sulfide) groups is 1. The molecule has 126 valence electrons. The Labute approximate surface area is 142 Å². The first kappa shape index (κ1) is 16.4. The van der Waals surface area contributed by atoms with Gasteiger partial charge in [0.15, 0.2) is 5.69 Å². The number of hydrogen-bond donors (Lipinski definition) is 1. The second-order valence-electron chi connectivity index (χ2n) is 5.26. The highest BCUT2D eigenvalue weighted by Crippen LogP contribution is 2.23. The first-order valence-electron chi connectivity index (χ1n) is 7.44. The Morgan fingerprint density at radius 2 is 2.00 bits per heavy atom. The number of hydrogen-bond acceptors (Lipinski definition) is 6. The number of methoxy groups -OCH3 is 1. The van der Waals surface area contributed by atoms with E-state index in [0.717, 1.165) is 10.6 Å². The molecule has 0 fully saturated rings. The zero-order chi connectivity index (χ0) is 17.1. The molecule has 24 heavy (non-hydrogen) atoms. The number of nitrogens with zero attached hydrogens (tertiary/aromatic N) is 3. The molecule has 0 aliphatic carbocycles. The lowest BCUT2D eigenvalue weighted by molar-refractivity contribution is 0.0707. The van der Waals surface area contributed by atoms with Crippen molar-refractivity contribution >= 4 is 17.7 Å². The molecule has 1 aromatic heterocycles. The van der Waals surface area contributed by atoms with Crippen LogP contribution in [0.5, 0.6) is 11.5 Å². The van der Waals surface area contributed by atoms with Gasteiger partial charge in [-0.25, -0.2) is 0 Å². The number of rotatable bonds is 5. The van der Waals surface area contributed by atoms with Gasteiger partial charge in [0.25, 0.3) is 5.91 Å². The lowest BCUT2D eigenvalue weighted by Crippen LogP contribution is -2.42. The Kier molecular flexibility index (Phi) is 4.75. The fraction of sp³-hybridized carbons (Fsp3) is 0.312. The molecule has 1 N–H and O–H groups in total. The monoisotopic (exact) mass is 347 g/mol. The maximum atomic E-state index is 12.5. The highest BCUT2D eigenvalue weighted by atomic mass is 32.2. The number of aromatic nitrogens is 2. The van der Waals surface area contributed by atoms with Crippen LogP contribution in [0.15, 0.2) is 40.3 Å². The first-order valence-corrected chi connectivity index (χ1v) is 8.43. The number of benzene rings is 1. The molecule has 0 spiro atoms. The molecule has 2 heterocycles. The summed E-state index contributed by atoms with van der Waals surface area (Å²) < 4.78 is 6.64. The molecule has 3 rings (SSSR count). The Hall–Kier alpha value is -2.48. The van der Waals surface area contributed by atoms with E-state index in [-0.39, 0.29) is 11.6 Å². The average Bonchev–Trinajstić information content (AvgIpc) is 2.60. The highest BCUT2D eigenvalue weighted by molar-refractivity contribution is 7.99. The van der Waals surface area contributed by atoms with Crippen molar-refractivity contribution in [1.29, 1.82) is 0 Å². The van der Waals surface area contributed by atoms with Gasteiger partial charge in [0.1, 0.15) is 5.75 Å². The summed E-state index contributed by atoms with van der Waals surface area (Å²) in [5.41, 5.74) is -0.750. The van der Waals surface area contributed by atoms with E-state index in [2.05, 4.69) is 4.98 Å². The van der Waals surface area contributed by atoms with Gasteiger partial charge in [-0.15, -0.1) is 11.8 Å². The average molecular weight is 347 g/mol. The SMILES string of the molecule is COc1ccc(SCCN2CCn3cnc(=O)c(O)c3C2=O)cc1. The van der Waals surface area contributed by atoms with Gasteiger partial charge >= 0.3 is 5.56 Å². The third kappa shape index (κ3) is 3.23. The van der Waals surface area contributed by atoms with Crippen molar-refractivity contribution in [3.63, 3.8) is 0 Å². The van der Waals surface area contributed by atoms with Gasteiger partial charge in [0.05, 0.1) is 13.4 Å². The van der Waals surface area contributed by atoms with Crippen molar-refractivity contribution in [2.24, 2.45) is 0 Å². The van der Waals surface area contributed by atoms with Crippen molar-refractivity contribution in [3.05, 3.63) is 46.6 Å². The number of amides is 1. The van der Waals surface area contributed by atoms with Crippen LogP contribution in [0.2, 0.25) is 0 Å². The zero-order valence-electron chi connectivity index (χ0n) is 13.1. The highest BCUT2D eigenvalue weighted by Gasteiger charge is 2.28. The van der Waals surface area contributed by atoms with Crippen LogP contribution in [0.4, 0.5) is 0 Å². The third-order valence-electron chi connectivity index (χ3n) is 3.82. The Morgan fingerprint density at radius 3 is 2.71 bits per heavy atom. The number of fused-ring (bicyclic) bond motifs is 1. The number of aromatic hydroxyl groups is 1. The van der Waals surface area contributed by atoms with E-state index in [9.17, 15) is 14.7 Å². The van der Waals surface area contributed by atoms with Crippen molar-refractivity contribution < 1.29 is 14.6 Å². The van der Waals surface area contributed by atoms with E-state index in [0.29, 0.717) is 25.4 Å². The molecule has 0 bridgehead atoms. The van der Waals surface area contributed by atoms with Crippen LogP contribution in [-0.4, -0.2) is 51.4 Å². The molecular weight excluding hydrogens is 330 g/mol. The molecule has 0 radical (unpaired) electrons. The zero-order valence-corrected chi connectivity index (χ0v) is 14.0. The predicted molar refractivity (Wildman–Crippen MR) is 89.8 cm³/mol. The molecule has 1 aromatic carbocycles. The smallest absolute Gasteiger partial charge is 0.315 e. The van der Waals surface area contributed by atoms with Crippen LogP contribution in [0.25, 0.3) is 0 Å². The third-order valence-corrected chi connectivity index (χ3v) is 4.81. The molecule has 8 heteroatoms. The summed E-state index contributed by atoms with van der Waals surface area (Å²) in [5.74, 6) is 0.606. The topological polar surface area (TPSA) is 84.7 Å². The van der Waals surface area contributed by atoms with Crippen LogP contribution in [0.3, 0.4) is 0 Å². The summed E-state index contributed by atoms with van der Waals surface area (Å²) in [4.78, 5) is 30.2. The molecule has 0 saturated carbocycles. The molecule has 7 nitrogen and oxygen atoms in total. The summed E-state index contributed by atoms with van der Waals surface area (Å²) in [7, 11) is 1.62. The van der Waals surface area contributed by atoms with E-state index in [1.165, 1.54) is 10.9 Å². The Morgan fingerprint density at radius 1 is 1.25 bits per heavy atom. The fourth-order valence-corrected chi connectivity index (χ4v) is 3.39. The number of carbonyl (C=O) groups is 1. The van der Waals surface area contributed by atoms with Crippen LogP contribution < -0.4 is 10.3 Å². The van der Waals surface area contributed by atoms with E-state index >= 15 is 0 Å². The van der Waals surface area contributed by atoms with Crippen LogP contribution >= 0.6 is 11.8 Å². The molecular formula is C16H17N3O4S. The van der Waals surface area contributed by atoms with Gasteiger partial charge in [-0.3, -0.25) is 9.59 Å². The Bertz CT molecular complexity index is 804. The first-order chi connectivity index (χ1) is 11.6. The second kappa shape index (κ2) is 6.96. The van der Waals surface area contributed by atoms with E-state index in [1.807, 2.05) is 24.3 Å². The lowest BCUT2D eigenvalue weighted by atomic mass is 10.2. The minimum absolute atomic E-state index is 0.0238. The quantitative estimate of drug-likeness (QED) is 0.819. The van der Waals surface area contributed by atoms with E-state index < -0.39 is 11.3 Å². The number of ether oxygens (including phenoxy) is 1. The molecule has 0 atom stereocenters. The van der Waals surface area contributed by atoms with Gasteiger partial charge in [-0.2, -0.15) is 4.98 Å². The maximum absolute atomic E-state index is 12.5. The van der Waals surface area contributed by atoms with Crippen LogP contribution in [-0.2, 0) is 6.54 Å². The number of carbonyl (C=O) groups excluding carboxylic acids is 1. The molecule has 1 aliphatic heterocycles. The molecule has 2 aromatic rings. The molecule has 1 amide bonds. The largest absolute Gasteiger partial charge is 0.501 e. The van der Waals surface area contributed by atoms with Gasteiger partial charge in [-0.1, -0.05) is 0 Å². The van der Waals surface area contributed by atoms with Gasteiger partial charge in [-0.05, 0) is 24.3 Å². The minimum Gasteiger partial charge on any atom is -0.501 e. The van der Waals surface area contributed by atoms with Crippen LogP contribution in [0.1, 0.15) is 10.5 Å². The summed E-state index contributed by atoms with van der Waals surface area (Å²) in [6.07, 6.45) is 1.30.